The number of unbranched alkanes of at least 4 members (excludes halogenated alkanes) is 1. The number of fused-ring (bicyclic) bond motifs is 1. The van der Waals surface area contributed by atoms with E-state index in [0.717, 1.165) is 12.0 Å². The second kappa shape index (κ2) is 13.1. The van der Waals surface area contributed by atoms with Gasteiger partial charge in [-0.3, -0.25) is 14.4 Å². The summed E-state index contributed by atoms with van der Waals surface area (Å²) in [6.45, 7) is 5.94. The lowest BCUT2D eigenvalue weighted by molar-refractivity contribution is -0.0465. The summed E-state index contributed by atoms with van der Waals surface area (Å²) >= 11 is 0. The fourth-order valence-corrected chi connectivity index (χ4v) is 4.39. The molecule has 37 heavy (non-hydrogen) atoms. The Labute approximate surface area is 216 Å². The van der Waals surface area contributed by atoms with Crippen molar-refractivity contribution in [2.24, 2.45) is 17.5 Å². The summed E-state index contributed by atoms with van der Waals surface area (Å²) in [6.07, 6.45) is 12.6. The highest BCUT2D eigenvalue weighted by atomic mass is 19.1. The molecule has 0 amide bonds. The Balaban J connectivity index is 1.99. The number of nitrogens with two attached hydrogens (primary N) is 2. The smallest absolute Gasteiger partial charge is 0.261 e. The zero-order valence-electron chi connectivity index (χ0n) is 21.1. The summed E-state index contributed by atoms with van der Waals surface area (Å²) in [5, 5.41) is 20.1. The number of hydrogen-bond acceptors (Lipinski definition) is 7. The van der Waals surface area contributed by atoms with Crippen molar-refractivity contribution < 1.29 is 14.6 Å². The number of aryl methyl sites for hydroxylation is 1. The van der Waals surface area contributed by atoms with E-state index < -0.39 is 12.3 Å². The number of allylic oxidation sites excluding steroid dienone is 6. The van der Waals surface area contributed by atoms with Gasteiger partial charge in [-0.05, 0) is 61.8 Å². The Hall–Kier alpha value is -3.53. The lowest BCUT2D eigenvalue weighted by Gasteiger charge is -2.21. The van der Waals surface area contributed by atoms with Gasteiger partial charge in [0.05, 0.1) is 34.7 Å². The Bertz CT molecular complexity index is 1280. The van der Waals surface area contributed by atoms with E-state index in [2.05, 4.69) is 19.6 Å². The third-order valence-electron chi connectivity index (χ3n) is 6.37. The van der Waals surface area contributed by atoms with Crippen molar-refractivity contribution in [3.05, 3.63) is 95.1 Å². The highest BCUT2D eigenvalue weighted by Crippen LogP contribution is 2.25. The topological polar surface area (TPSA) is 131 Å². The number of anilines is 1. The minimum Gasteiger partial charge on any atom is -0.397 e. The number of halogens is 1. The molecule has 0 saturated carbocycles. The maximum Gasteiger partial charge on any atom is 0.261 e. The van der Waals surface area contributed by atoms with E-state index in [1.807, 2.05) is 12.2 Å². The Kier molecular flexibility index (Phi) is 9.96. The molecule has 198 valence electrons. The second-order valence-corrected chi connectivity index (χ2v) is 9.28. The van der Waals surface area contributed by atoms with Crippen molar-refractivity contribution >= 4 is 16.6 Å². The first-order valence-corrected chi connectivity index (χ1v) is 12.4. The van der Waals surface area contributed by atoms with Crippen molar-refractivity contribution in [2.75, 3.05) is 5.01 Å². The predicted molar refractivity (Wildman–Crippen MR) is 146 cm³/mol. The van der Waals surface area contributed by atoms with Gasteiger partial charge in [0.2, 0.25) is 0 Å². The number of rotatable bonds is 12. The van der Waals surface area contributed by atoms with Crippen molar-refractivity contribution in [1.29, 1.82) is 0 Å². The molecule has 6 N–H and O–H groups in total. The molecule has 0 spiro atoms. The number of hydrazine groups is 1. The SMILES string of the molecule is C=CC(C/C=C/F)n1c(CCCCC(O)O)nc2cc(N(N)/C=C(\N)C3=CC=CC(C)C3)ccc2c1=O. The van der Waals surface area contributed by atoms with Gasteiger partial charge < -0.3 is 15.9 Å². The van der Waals surface area contributed by atoms with Crippen LogP contribution in [0.2, 0.25) is 0 Å². The van der Waals surface area contributed by atoms with E-state index in [9.17, 15) is 9.18 Å². The van der Waals surface area contributed by atoms with E-state index in [4.69, 9.17) is 26.8 Å². The third-order valence-corrected chi connectivity index (χ3v) is 6.37. The van der Waals surface area contributed by atoms with Crippen molar-refractivity contribution in [3.63, 3.8) is 0 Å². The van der Waals surface area contributed by atoms with Crippen LogP contribution in [-0.4, -0.2) is 26.1 Å². The van der Waals surface area contributed by atoms with E-state index in [0.29, 0.717) is 59.6 Å². The minimum atomic E-state index is -1.38. The number of benzene rings is 1. The number of aromatic nitrogens is 2. The first kappa shape index (κ1) is 28.0. The first-order chi connectivity index (χ1) is 17.7. The molecule has 0 saturated heterocycles. The average Bonchev–Trinajstić information content (AvgIpc) is 2.87. The summed E-state index contributed by atoms with van der Waals surface area (Å²) in [6, 6.07) is 4.64. The van der Waals surface area contributed by atoms with Crippen molar-refractivity contribution in [3.8, 4) is 0 Å². The summed E-state index contributed by atoms with van der Waals surface area (Å²) in [5.41, 5.74) is 8.67. The minimum absolute atomic E-state index is 0.221. The fraction of sp³-hybridized carbons (Fsp3) is 0.357. The number of aliphatic hydroxyl groups is 2. The lowest BCUT2D eigenvalue weighted by Crippen LogP contribution is -2.29. The lowest BCUT2D eigenvalue weighted by atomic mass is 9.94. The molecule has 2 unspecified atom stereocenters. The van der Waals surface area contributed by atoms with Gasteiger partial charge in [-0.2, -0.15) is 0 Å². The van der Waals surface area contributed by atoms with Crippen LogP contribution in [0.5, 0.6) is 0 Å². The van der Waals surface area contributed by atoms with Crippen LogP contribution in [0.3, 0.4) is 0 Å². The molecule has 3 rings (SSSR count). The molecular formula is C28H36FN5O3. The highest BCUT2D eigenvalue weighted by molar-refractivity contribution is 5.82. The molecule has 1 aliphatic carbocycles. The van der Waals surface area contributed by atoms with Gasteiger partial charge in [0, 0.05) is 12.6 Å². The molecule has 9 heteroatoms. The molecule has 2 aromatic rings. The van der Waals surface area contributed by atoms with Gasteiger partial charge in [0.25, 0.3) is 5.56 Å². The van der Waals surface area contributed by atoms with Crippen LogP contribution in [0.15, 0.2) is 83.8 Å². The van der Waals surface area contributed by atoms with Crippen molar-refractivity contribution in [1.82, 2.24) is 9.55 Å². The molecule has 0 fully saturated rings. The van der Waals surface area contributed by atoms with E-state index in [1.54, 1.807) is 30.5 Å². The zero-order chi connectivity index (χ0) is 26.9. The highest BCUT2D eigenvalue weighted by Gasteiger charge is 2.18. The van der Waals surface area contributed by atoms with Crippen LogP contribution >= 0.6 is 0 Å². The molecule has 1 aromatic carbocycles. The van der Waals surface area contributed by atoms with Gasteiger partial charge in [0.15, 0.2) is 6.29 Å². The van der Waals surface area contributed by atoms with Gasteiger partial charge in [-0.1, -0.05) is 37.3 Å². The normalized spacial score (nSPS) is 17.0. The van der Waals surface area contributed by atoms with Crippen LogP contribution in [-0.2, 0) is 6.42 Å². The van der Waals surface area contributed by atoms with Gasteiger partial charge in [0.1, 0.15) is 5.82 Å². The molecule has 0 aliphatic heterocycles. The molecule has 1 aromatic heterocycles. The Morgan fingerprint density at radius 3 is 2.84 bits per heavy atom. The molecule has 1 heterocycles. The number of hydrogen-bond donors (Lipinski definition) is 4. The number of aliphatic hydroxyl groups excluding tert-OH is 1. The van der Waals surface area contributed by atoms with E-state index in [1.165, 1.54) is 15.7 Å². The van der Waals surface area contributed by atoms with Crippen LogP contribution in [0.25, 0.3) is 10.9 Å². The predicted octanol–water partition coefficient (Wildman–Crippen LogP) is 4.02. The molecule has 8 nitrogen and oxygen atoms in total. The van der Waals surface area contributed by atoms with Crippen LogP contribution in [0.4, 0.5) is 10.1 Å². The van der Waals surface area contributed by atoms with Gasteiger partial charge in [-0.25, -0.2) is 15.2 Å². The fourth-order valence-electron chi connectivity index (χ4n) is 4.39. The molecular weight excluding hydrogens is 473 g/mol. The third kappa shape index (κ3) is 7.25. The summed E-state index contributed by atoms with van der Waals surface area (Å²) in [5.74, 6) is 7.20. The molecule has 1 aliphatic rings. The van der Waals surface area contributed by atoms with Gasteiger partial charge in [-0.15, -0.1) is 6.58 Å². The maximum atomic E-state index is 13.5. The number of nitrogens with zero attached hydrogens (tertiary/aromatic N) is 3. The maximum absolute atomic E-state index is 13.5. The van der Waals surface area contributed by atoms with Gasteiger partial charge >= 0.3 is 0 Å². The molecule has 2 atom stereocenters. The molecule has 0 bridgehead atoms. The quantitative estimate of drug-likeness (QED) is 0.112. The van der Waals surface area contributed by atoms with Crippen LogP contribution in [0.1, 0.15) is 50.9 Å². The average molecular weight is 510 g/mol. The van der Waals surface area contributed by atoms with Crippen molar-refractivity contribution in [2.45, 2.75) is 57.8 Å². The summed E-state index contributed by atoms with van der Waals surface area (Å²) in [7, 11) is 0. The summed E-state index contributed by atoms with van der Waals surface area (Å²) in [4.78, 5) is 18.3. The van der Waals surface area contributed by atoms with Crippen LogP contribution in [0, 0.1) is 5.92 Å². The van der Waals surface area contributed by atoms with Crippen LogP contribution < -0.4 is 22.1 Å². The Morgan fingerprint density at radius 1 is 1.38 bits per heavy atom. The summed E-state index contributed by atoms with van der Waals surface area (Å²) < 4.78 is 14.3. The monoisotopic (exact) mass is 509 g/mol. The standard InChI is InChI=1S/C28H36FN5O3/c1-3-21(10-7-15-29)34-26(11-4-5-12-27(35)36)32-25-17-22(13-14-23(25)28(34)37)33(31)18-24(30)20-9-6-8-19(2)16-20/h3,6-9,13-15,17-19,21,27,35-36H,1,4-5,10-12,16,30-31H2,2H3/b15-7+,24-18-. The zero-order valence-corrected chi connectivity index (χ0v) is 21.1. The largest absolute Gasteiger partial charge is 0.397 e. The van der Waals surface area contributed by atoms with E-state index in [-0.39, 0.29) is 18.4 Å². The first-order valence-electron chi connectivity index (χ1n) is 12.4. The second-order valence-electron chi connectivity index (χ2n) is 9.28. The Morgan fingerprint density at radius 2 is 2.16 bits per heavy atom. The molecule has 0 radical (unpaired) electrons. The van der Waals surface area contributed by atoms with E-state index >= 15 is 0 Å².